The molecule has 0 spiro atoms. The second-order valence-corrected chi connectivity index (χ2v) is 10.9. The van der Waals surface area contributed by atoms with Gasteiger partial charge in [0.2, 0.25) is 5.78 Å². The monoisotopic (exact) mass is 472 g/mol. The number of rotatable bonds is 6. The Hall–Kier alpha value is -2.61. The van der Waals surface area contributed by atoms with E-state index in [0.717, 1.165) is 5.57 Å². The second kappa shape index (κ2) is 8.26. The Morgan fingerprint density at radius 1 is 1.18 bits per heavy atom. The van der Waals surface area contributed by atoms with Crippen molar-refractivity contribution in [1.29, 1.82) is 0 Å². The number of ether oxygens (including phenoxy) is 1. The molecule has 34 heavy (non-hydrogen) atoms. The third-order valence-electron chi connectivity index (χ3n) is 9.17. The minimum absolute atomic E-state index is 0.0189. The molecule has 8 heteroatoms. The van der Waals surface area contributed by atoms with Crippen LogP contribution >= 0.6 is 0 Å². The Labute approximate surface area is 198 Å². The lowest BCUT2D eigenvalue weighted by atomic mass is 9.46. The molecule has 2 unspecified atom stereocenters. The van der Waals surface area contributed by atoms with Gasteiger partial charge in [-0.05, 0) is 49.2 Å². The Morgan fingerprint density at radius 2 is 1.88 bits per heavy atom. The number of Topliss-reactive ketones (excluding diaryl/α,β-unsaturated/α-hetero) is 2. The summed E-state index contributed by atoms with van der Waals surface area (Å²) >= 11 is 0. The van der Waals surface area contributed by atoms with E-state index >= 15 is 0 Å². The number of carboxylic acids is 1. The number of fused-ring (bicyclic) bond motifs is 5. The zero-order valence-electron chi connectivity index (χ0n) is 19.8. The van der Waals surface area contributed by atoms with Gasteiger partial charge >= 0.3 is 11.9 Å². The Kier molecular flexibility index (Phi) is 5.95. The van der Waals surface area contributed by atoms with E-state index in [1.165, 1.54) is 6.08 Å². The van der Waals surface area contributed by atoms with Gasteiger partial charge in [-0.3, -0.25) is 24.0 Å². The molecule has 0 aliphatic heterocycles. The zero-order chi connectivity index (χ0) is 25.1. The summed E-state index contributed by atoms with van der Waals surface area (Å²) in [4.78, 5) is 61.3. The molecule has 0 saturated heterocycles. The molecule has 3 saturated carbocycles. The van der Waals surface area contributed by atoms with Crippen LogP contribution < -0.4 is 0 Å². The van der Waals surface area contributed by atoms with Gasteiger partial charge in [0.1, 0.15) is 11.4 Å². The van der Waals surface area contributed by atoms with Gasteiger partial charge in [0.15, 0.2) is 12.4 Å². The number of carbonyl (C=O) groups excluding carboxylic acids is 4. The molecule has 0 bridgehead atoms. The highest BCUT2D eigenvalue weighted by molar-refractivity contribution is 6.02. The van der Waals surface area contributed by atoms with Crippen LogP contribution in [0.1, 0.15) is 59.3 Å². The number of aliphatic hydroxyl groups is 1. The SMILES string of the molecule is C[C@H]1C[C@H]2[C@@H]3CCC4=CC(=O)C=CC4(C)[C@H]3C(=O)CC2(C)[C@@]1(O)C(=O)COC(=O)CCC(=O)O. The molecule has 0 aromatic carbocycles. The first-order valence-corrected chi connectivity index (χ1v) is 11.9. The number of aliphatic carboxylic acids is 1. The highest BCUT2D eigenvalue weighted by Gasteiger charge is 2.70. The van der Waals surface area contributed by atoms with E-state index in [2.05, 4.69) is 0 Å². The van der Waals surface area contributed by atoms with Gasteiger partial charge in [0, 0.05) is 23.2 Å². The predicted molar refractivity (Wildman–Crippen MR) is 119 cm³/mol. The fourth-order valence-electron chi connectivity index (χ4n) is 7.50. The first-order chi connectivity index (χ1) is 15.8. The maximum absolute atomic E-state index is 13.6. The van der Waals surface area contributed by atoms with E-state index < -0.39 is 53.1 Å². The van der Waals surface area contributed by atoms with Crippen LogP contribution in [-0.2, 0) is 28.7 Å². The van der Waals surface area contributed by atoms with Crippen molar-refractivity contribution in [2.24, 2.45) is 34.5 Å². The third kappa shape index (κ3) is 3.49. The largest absolute Gasteiger partial charge is 0.481 e. The van der Waals surface area contributed by atoms with Crippen LogP contribution in [0.4, 0.5) is 0 Å². The van der Waals surface area contributed by atoms with Gasteiger partial charge in [-0.1, -0.05) is 32.4 Å². The molecule has 0 aromatic rings. The molecule has 7 atom stereocenters. The summed E-state index contributed by atoms with van der Waals surface area (Å²) in [7, 11) is 0. The fraction of sp³-hybridized carbons (Fsp3) is 0.654. The summed E-state index contributed by atoms with van der Waals surface area (Å²) < 4.78 is 4.99. The first-order valence-electron chi connectivity index (χ1n) is 11.9. The van der Waals surface area contributed by atoms with Crippen molar-refractivity contribution >= 4 is 29.3 Å². The number of carboxylic acid groups (broad SMARTS) is 1. The predicted octanol–water partition coefficient (Wildman–Crippen LogP) is 2.43. The summed E-state index contributed by atoms with van der Waals surface area (Å²) in [6.07, 6.45) is 6.27. The number of ketones is 3. The standard InChI is InChI=1S/C26H32O8/c1-14-10-18-17-5-4-15-11-16(27)8-9-24(15,2)23(17)19(28)12-25(18,3)26(14,33)20(29)13-34-22(32)7-6-21(30)31/h8-9,11,14,17-18,23,33H,4-7,10,12-13H2,1-3H3,(H,30,31)/t14-,17-,18-,23+,24?,25?,26-/m0/s1. The van der Waals surface area contributed by atoms with E-state index in [1.807, 2.05) is 13.0 Å². The van der Waals surface area contributed by atoms with Gasteiger partial charge in [-0.25, -0.2) is 0 Å². The molecule has 0 aromatic heterocycles. The maximum atomic E-state index is 13.6. The smallest absolute Gasteiger partial charge is 0.306 e. The van der Waals surface area contributed by atoms with E-state index in [4.69, 9.17) is 9.84 Å². The molecule has 4 aliphatic carbocycles. The van der Waals surface area contributed by atoms with Crippen LogP contribution in [0.3, 0.4) is 0 Å². The van der Waals surface area contributed by atoms with E-state index in [0.29, 0.717) is 19.3 Å². The van der Waals surface area contributed by atoms with E-state index in [1.54, 1.807) is 19.9 Å². The Bertz CT molecular complexity index is 1020. The highest BCUT2D eigenvalue weighted by Crippen LogP contribution is 2.67. The summed E-state index contributed by atoms with van der Waals surface area (Å²) in [5.74, 6) is -3.55. The molecule has 0 heterocycles. The Morgan fingerprint density at radius 3 is 2.56 bits per heavy atom. The zero-order valence-corrected chi connectivity index (χ0v) is 19.8. The lowest BCUT2D eigenvalue weighted by Crippen LogP contribution is -2.62. The van der Waals surface area contributed by atoms with Gasteiger partial charge in [0.25, 0.3) is 0 Å². The van der Waals surface area contributed by atoms with Crippen molar-refractivity contribution in [2.75, 3.05) is 6.61 Å². The van der Waals surface area contributed by atoms with Crippen molar-refractivity contribution < 1.29 is 38.9 Å². The molecular weight excluding hydrogens is 440 g/mol. The van der Waals surface area contributed by atoms with Crippen LogP contribution in [0.5, 0.6) is 0 Å². The average molecular weight is 473 g/mol. The fourth-order valence-corrected chi connectivity index (χ4v) is 7.50. The van der Waals surface area contributed by atoms with Crippen molar-refractivity contribution in [2.45, 2.75) is 64.9 Å². The highest BCUT2D eigenvalue weighted by atomic mass is 16.5. The molecule has 0 radical (unpaired) electrons. The second-order valence-electron chi connectivity index (χ2n) is 10.9. The quantitative estimate of drug-likeness (QED) is 0.563. The van der Waals surface area contributed by atoms with Crippen LogP contribution in [0, 0.1) is 34.5 Å². The van der Waals surface area contributed by atoms with Crippen molar-refractivity contribution in [3.05, 3.63) is 23.8 Å². The number of hydrogen-bond donors (Lipinski definition) is 2. The van der Waals surface area contributed by atoms with Crippen molar-refractivity contribution in [1.82, 2.24) is 0 Å². The number of esters is 1. The summed E-state index contributed by atoms with van der Waals surface area (Å²) in [5, 5.41) is 20.5. The third-order valence-corrected chi connectivity index (χ3v) is 9.17. The molecule has 4 rings (SSSR count). The van der Waals surface area contributed by atoms with Gasteiger partial charge in [0.05, 0.1) is 12.8 Å². The number of allylic oxidation sites excluding steroid dienone is 4. The maximum Gasteiger partial charge on any atom is 0.306 e. The molecule has 3 fully saturated rings. The lowest BCUT2D eigenvalue weighted by molar-refractivity contribution is -0.176. The van der Waals surface area contributed by atoms with Gasteiger partial charge in [-0.15, -0.1) is 0 Å². The van der Waals surface area contributed by atoms with Crippen LogP contribution in [0.2, 0.25) is 0 Å². The topological polar surface area (TPSA) is 135 Å². The Balaban J connectivity index is 1.58. The molecule has 184 valence electrons. The minimum atomic E-state index is -1.83. The molecule has 8 nitrogen and oxygen atoms in total. The first kappa shape index (κ1) is 24.5. The minimum Gasteiger partial charge on any atom is -0.481 e. The summed E-state index contributed by atoms with van der Waals surface area (Å²) in [6.45, 7) is 4.94. The lowest BCUT2D eigenvalue weighted by Gasteiger charge is -2.56. The van der Waals surface area contributed by atoms with Crippen LogP contribution in [0.15, 0.2) is 23.8 Å². The van der Waals surface area contributed by atoms with Crippen molar-refractivity contribution in [3.8, 4) is 0 Å². The molecular formula is C26H32O8. The summed E-state index contributed by atoms with van der Waals surface area (Å²) in [5.41, 5.74) is -2.39. The van der Waals surface area contributed by atoms with Crippen molar-refractivity contribution in [3.63, 3.8) is 0 Å². The molecule has 0 amide bonds. The van der Waals surface area contributed by atoms with Gasteiger partial charge < -0.3 is 14.9 Å². The van der Waals surface area contributed by atoms with E-state index in [-0.39, 0.29) is 42.2 Å². The number of hydrogen-bond acceptors (Lipinski definition) is 7. The van der Waals surface area contributed by atoms with E-state index in [9.17, 15) is 29.1 Å². The van der Waals surface area contributed by atoms with Crippen LogP contribution in [-0.4, -0.2) is 51.7 Å². The molecule has 2 N–H and O–H groups in total. The summed E-state index contributed by atoms with van der Waals surface area (Å²) in [6, 6.07) is 0. The number of carbonyl (C=O) groups is 5. The normalized spacial score (nSPS) is 40.6. The van der Waals surface area contributed by atoms with Crippen LogP contribution in [0.25, 0.3) is 0 Å². The van der Waals surface area contributed by atoms with Gasteiger partial charge in [-0.2, -0.15) is 0 Å². The molecule has 4 aliphatic rings. The average Bonchev–Trinajstić information content (AvgIpc) is 2.97.